The minimum Gasteiger partial charge on any atom is -0.361 e. The maximum atomic E-state index is 12.6. The number of aryl methyl sites for hydroxylation is 2. The number of carbonyl (C=O) groups is 1. The predicted octanol–water partition coefficient (Wildman–Crippen LogP) is 2.68. The Balaban J connectivity index is 1.71. The number of piperidine rings is 1. The van der Waals surface area contributed by atoms with Crippen LogP contribution in [0.3, 0.4) is 0 Å². The first kappa shape index (κ1) is 14.8. The van der Waals surface area contributed by atoms with E-state index in [0.717, 1.165) is 49.2 Å². The van der Waals surface area contributed by atoms with Crippen LogP contribution in [0.5, 0.6) is 0 Å². The average Bonchev–Trinajstić information content (AvgIpc) is 3.16. The highest BCUT2D eigenvalue weighted by Gasteiger charge is 2.28. The van der Waals surface area contributed by atoms with E-state index < -0.39 is 0 Å². The number of rotatable bonds is 4. The molecule has 1 atom stereocenters. The van der Waals surface area contributed by atoms with Crippen molar-refractivity contribution in [3.63, 3.8) is 0 Å². The molecule has 0 spiro atoms. The molecular weight excluding hydrogens is 280 g/mol. The fourth-order valence-corrected chi connectivity index (χ4v) is 3.11. The summed E-state index contributed by atoms with van der Waals surface area (Å²) < 4.78 is 5.22. The van der Waals surface area contributed by atoms with Gasteiger partial charge in [-0.15, -0.1) is 0 Å². The highest BCUT2D eigenvalue weighted by molar-refractivity contribution is 5.92. The lowest BCUT2D eigenvalue weighted by molar-refractivity contribution is 0.0695. The lowest BCUT2D eigenvalue weighted by Crippen LogP contribution is -2.39. The molecule has 6 heteroatoms. The zero-order valence-corrected chi connectivity index (χ0v) is 13.1. The van der Waals surface area contributed by atoms with Crippen LogP contribution in [0.15, 0.2) is 16.8 Å². The third-order valence-electron chi connectivity index (χ3n) is 4.26. The maximum Gasteiger partial charge on any atom is 0.276 e. The van der Waals surface area contributed by atoms with Gasteiger partial charge in [-0.3, -0.25) is 9.89 Å². The van der Waals surface area contributed by atoms with E-state index in [0.29, 0.717) is 18.2 Å². The Morgan fingerprint density at radius 3 is 3.14 bits per heavy atom. The molecule has 2 aromatic rings. The average molecular weight is 302 g/mol. The largest absolute Gasteiger partial charge is 0.361 e. The van der Waals surface area contributed by atoms with Gasteiger partial charge >= 0.3 is 0 Å². The molecule has 2 aromatic heterocycles. The van der Waals surface area contributed by atoms with Crippen molar-refractivity contribution in [3.8, 4) is 0 Å². The van der Waals surface area contributed by atoms with Crippen molar-refractivity contribution in [2.24, 2.45) is 0 Å². The minimum absolute atomic E-state index is 0.0343. The van der Waals surface area contributed by atoms with E-state index in [1.807, 2.05) is 18.0 Å². The Kier molecular flexibility index (Phi) is 4.27. The van der Waals surface area contributed by atoms with Crippen LogP contribution in [0.2, 0.25) is 0 Å². The van der Waals surface area contributed by atoms with Gasteiger partial charge in [-0.2, -0.15) is 5.10 Å². The van der Waals surface area contributed by atoms with Crippen LogP contribution >= 0.6 is 0 Å². The number of H-pyrrole nitrogens is 1. The summed E-state index contributed by atoms with van der Waals surface area (Å²) in [6.45, 7) is 5.61. The van der Waals surface area contributed by atoms with E-state index in [2.05, 4.69) is 22.3 Å². The summed E-state index contributed by atoms with van der Waals surface area (Å²) in [4.78, 5) is 14.5. The summed E-state index contributed by atoms with van der Waals surface area (Å²) in [5, 5.41) is 11.1. The molecule has 0 saturated carbocycles. The first-order chi connectivity index (χ1) is 10.7. The number of likely N-dealkylation sites (tertiary alicyclic amines) is 1. The van der Waals surface area contributed by atoms with Gasteiger partial charge in [0.2, 0.25) is 0 Å². The normalized spacial score (nSPS) is 18.6. The van der Waals surface area contributed by atoms with Gasteiger partial charge in [0.1, 0.15) is 5.76 Å². The van der Waals surface area contributed by atoms with Gasteiger partial charge in [0.15, 0.2) is 5.69 Å². The summed E-state index contributed by atoms with van der Waals surface area (Å²) in [6, 6.07) is 1.77. The summed E-state index contributed by atoms with van der Waals surface area (Å²) in [7, 11) is 0. The lowest BCUT2D eigenvalue weighted by Gasteiger charge is -2.32. The molecule has 3 heterocycles. The van der Waals surface area contributed by atoms with Crippen LogP contribution in [0.25, 0.3) is 0 Å². The molecule has 1 fully saturated rings. The van der Waals surface area contributed by atoms with E-state index in [4.69, 9.17) is 4.52 Å². The molecule has 118 valence electrons. The Labute approximate surface area is 129 Å². The molecule has 0 aromatic carbocycles. The summed E-state index contributed by atoms with van der Waals surface area (Å²) in [5.74, 6) is 1.07. The first-order valence-corrected chi connectivity index (χ1v) is 7.93. The third kappa shape index (κ3) is 2.91. The zero-order valence-electron chi connectivity index (χ0n) is 13.1. The molecule has 0 aliphatic carbocycles. The number of nitrogens with zero attached hydrogens (tertiary/aromatic N) is 3. The quantitative estimate of drug-likeness (QED) is 0.942. The van der Waals surface area contributed by atoms with Crippen molar-refractivity contribution < 1.29 is 9.32 Å². The van der Waals surface area contributed by atoms with Crippen molar-refractivity contribution in [3.05, 3.63) is 35.0 Å². The van der Waals surface area contributed by atoms with Crippen LogP contribution in [0.1, 0.15) is 59.6 Å². The van der Waals surface area contributed by atoms with Gasteiger partial charge in [-0.1, -0.05) is 12.1 Å². The van der Waals surface area contributed by atoms with Crippen LogP contribution < -0.4 is 0 Å². The Bertz CT molecular complexity index is 646. The van der Waals surface area contributed by atoms with Crippen LogP contribution in [-0.4, -0.2) is 39.3 Å². The fraction of sp³-hybridized carbons (Fsp3) is 0.562. The molecule has 1 amide bonds. The van der Waals surface area contributed by atoms with E-state index in [1.165, 1.54) is 0 Å². The molecule has 1 N–H and O–H groups in total. The van der Waals surface area contributed by atoms with E-state index in [9.17, 15) is 4.79 Å². The van der Waals surface area contributed by atoms with E-state index >= 15 is 0 Å². The monoisotopic (exact) mass is 302 g/mol. The van der Waals surface area contributed by atoms with Crippen molar-refractivity contribution in [2.45, 2.75) is 45.4 Å². The van der Waals surface area contributed by atoms with Gasteiger partial charge in [-0.25, -0.2) is 0 Å². The Morgan fingerprint density at radius 1 is 1.55 bits per heavy atom. The summed E-state index contributed by atoms with van der Waals surface area (Å²) in [5.41, 5.74) is 2.72. The highest BCUT2D eigenvalue weighted by Crippen LogP contribution is 2.28. The van der Waals surface area contributed by atoms with Crippen molar-refractivity contribution in [1.29, 1.82) is 0 Å². The SMILES string of the molecule is CCCc1cc(C(=O)N2CCCC(c3[nH]ncc3C)C2)no1. The number of hydrogen-bond acceptors (Lipinski definition) is 4. The molecule has 3 rings (SSSR count). The molecule has 1 aliphatic rings. The number of carbonyl (C=O) groups excluding carboxylic acids is 1. The number of hydrogen-bond donors (Lipinski definition) is 1. The van der Waals surface area contributed by atoms with Crippen LogP contribution in [0, 0.1) is 6.92 Å². The van der Waals surface area contributed by atoms with Gasteiger partial charge in [-0.05, 0) is 31.7 Å². The minimum atomic E-state index is -0.0343. The molecule has 1 aliphatic heterocycles. The molecule has 6 nitrogen and oxygen atoms in total. The topological polar surface area (TPSA) is 75.0 Å². The first-order valence-electron chi connectivity index (χ1n) is 7.93. The van der Waals surface area contributed by atoms with Crippen molar-refractivity contribution in [1.82, 2.24) is 20.3 Å². The molecule has 1 saturated heterocycles. The standard InChI is InChI=1S/C16H22N4O2/c1-3-5-13-8-14(19-22-13)16(21)20-7-4-6-12(10-20)15-11(2)9-17-18-15/h8-9,12H,3-7,10H2,1-2H3,(H,17,18). The second-order valence-electron chi connectivity index (χ2n) is 5.99. The Hall–Kier alpha value is -2.11. The van der Waals surface area contributed by atoms with Gasteiger partial charge in [0.05, 0.1) is 6.20 Å². The predicted molar refractivity (Wildman–Crippen MR) is 81.7 cm³/mol. The number of aromatic amines is 1. The smallest absolute Gasteiger partial charge is 0.276 e. The highest BCUT2D eigenvalue weighted by atomic mass is 16.5. The number of aromatic nitrogens is 3. The zero-order chi connectivity index (χ0) is 15.5. The lowest BCUT2D eigenvalue weighted by atomic mass is 9.93. The van der Waals surface area contributed by atoms with Crippen LogP contribution in [0.4, 0.5) is 0 Å². The van der Waals surface area contributed by atoms with Crippen LogP contribution in [-0.2, 0) is 6.42 Å². The number of nitrogens with one attached hydrogen (secondary N) is 1. The second kappa shape index (κ2) is 6.34. The summed E-state index contributed by atoms with van der Waals surface area (Å²) in [6.07, 6.45) is 5.70. The molecule has 1 unspecified atom stereocenters. The van der Waals surface area contributed by atoms with Gasteiger partial charge < -0.3 is 9.42 Å². The Morgan fingerprint density at radius 2 is 2.41 bits per heavy atom. The summed E-state index contributed by atoms with van der Waals surface area (Å²) >= 11 is 0. The molecular formula is C16H22N4O2. The van der Waals surface area contributed by atoms with Crippen molar-refractivity contribution >= 4 is 5.91 Å². The van der Waals surface area contributed by atoms with E-state index in [1.54, 1.807) is 6.07 Å². The number of amides is 1. The molecule has 22 heavy (non-hydrogen) atoms. The molecule has 0 bridgehead atoms. The van der Waals surface area contributed by atoms with E-state index in [-0.39, 0.29) is 5.91 Å². The van der Waals surface area contributed by atoms with Gasteiger partial charge in [0, 0.05) is 37.2 Å². The fourth-order valence-electron chi connectivity index (χ4n) is 3.11. The maximum absolute atomic E-state index is 12.6. The van der Waals surface area contributed by atoms with Crippen molar-refractivity contribution in [2.75, 3.05) is 13.1 Å². The van der Waals surface area contributed by atoms with Gasteiger partial charge in [0.25, 0.3) is 5.91 Å². The second-order valence-corrected chi connectivity index (χ2v) is 5.99. The molecule has 0 radical (unpaired) electrons. The third-order valence-corrected chi connectivity index (χ3v) is 4.26.